The number of carbonyl (C=O) groups is 3. The number of aliphatic carboxylic acids is 1. The summed E-state index contributed by atoms with van der Waals surface area (Å²) in [6, 6.07) is -1.34. The number of nitrogens with zero attached hydrogens (tertiary/aromatic N) is 1. The zero-order valence-corrected chi connectivity index (χ0v) is 8.75. The summed E-state index contributed by atoms with van der Waals surface area (Å²) >= 11 is 0. The molecule has 4 N–H and O–H groups in total. The molecule has 17 heavy (non-hydrogen) atoms. The normalized spacial score (nSPS) is 11.8. The van der Waals surface area contributed by atoms with Gasteiger partial charge in [-0.1, -0.05) is 0 Å². The van der Waals surface area contributed by atoms with Crippen LogP contribution in [-0.2, 0) is 20.8 Å². The fraction of sp³-hybridized carbons (Fsp3) is 0.333. The van der Waals surface area contributed by atoms with Crippen LogP contribution < -0.4 is 11.1 Å². The van der Waals surface area contributed by atoms with E-state index in [1.807, 2.05) is 0 Å². The van der Waals surface area contributed by atoms with E-state index in [-0.39, 0.29) is 12.3 Å². The molecule has 0 unspecified atom stereocenters. The highest BCUT2D eigenvalue weighted by molar-refractivity contribution is 5.88. The SMILES string of the molecule is NC(=O)C[C@H](NC(=O)Cc1ncco1)C(=O)O. The summed E-state index contributed by atoms with van der Waals surface area (Å²) in [5, 5.41) is 10.9. The van der Waals surface area contributed by atoms with Gasteiger partial charge in [0.05, 0.1) is 12.6 Å². The third-order valence-corrected chi connectivity index (χ3v) is 1.83. The summed E-state index contributed by atoms with van der Waals surface area (Å²) < 4.78 is 4.82. The number of primary amides is 1. The largest absolute Gasteiger partial charge is 0.480 e. The molecule has 1 aromatic heterocycles. The van der Waals surface area contributed by atoms with Gasteiger partial charge in [0.2, 0.25) is 17.7 Å². The average molecular weight is 241 g/mol. The monoisotopic (exact) mass is 241 g/mol. The van der Waals surface area contributed by atoms with Crippen molar-refractivity contribution in [3.63, 3.8) is 0 Å². The minimum absolute atomic E-state index is 0.158. The lowest BCUT2D eigenvalue weighted by Crippen LogP contribution is -2.43. The van der Waals surface area contributed by atoms with E-state index in [0.29, 0.717) is 0 Å². The van der Waals surface area contributed by atoms with Crippen molar-refractivity contribution >= 4 is 17.8 Å². The number of amides is 2. The van der Waals surface area contributed by atoms with Crippen LogP contribution in [0.4, 0.5) is 0 Å². The van der Waals surface area contributed by atoms with Gasteiger partial charge in [-0.25, -0.2) is 9.78 Å². The van der Waals surface area contributed by atoms with Crippen molar-refractivity contribution in [3.05, 3.63) is 18.4 Å². The quantitative estimate of drug-likeness (QED) is 0.564. The van der Waals surface area contributed by atoms with Gasteiger partial charge < -0.3 is 20.6 Å². The van der Waals surface area contributed by atoms with E-state index in [9.17, 15) is 14.4 Å². The summed E-state index contributed by atoms with van der Waals surface area (Å²) in [7, 11) is 0. The number of carboxylic acids is 1. The Labute approximate surface area is 95.8 Å². The molecular weight excluding hydrogens is 230 g/mol. The second-order valence-corrected chi connectivity index (χ2v) is 3.23. The van der Waals surface area contributed by atoms with E-state index < -0.39 is 30.2 Å². The third-order valence-electron chi connectivity index (χ3n) is 1.83. The van der Waals surface area contributed by atoms with Crippen LogP contribution in [0.1, 0.15) is 12.3 Å². The maximum absolute atomic E-state index is 11.4. The first-order valence-electron chi connectivity index (χ1n) is 4.68. The number of aromatic nitrogens is 1. The summed E-state index contributed by atoms with van der Waals surface area (Å²) in [6.07, 6.45) is 1.99. The predicted molar refractivity (Wildman–Crippen MR) is 53.6 cm³/mol. The lowest BCUT2D eigenvalue weighted by Gasteiger charge is -2.11. The number of rotatable bonds is 6. The van der Waals surface area contributed by atoms with Crippen LogP contribution in [0, 0.1) is 0 Å². The molecule has 0 radical (unpaired) electrons. The molecule has 0 fully saturated rings. The van der Waals surface area contributed by atoms with E-state index >= 15 is 0 Å². The molecule has 8 nitrogen and oxygen atoms in total. The molecule has 8 heteroatoms. The lowest BCUT2D eigenvalue weighted by molar-refractivity contribution is -0.143. The number of carbonyl (C=O) groups excluding carboxylic acids is 2. The Morgan fingerprint density at radius 3 is 2.71 bits per heavy atom. The topological polar surface area (TPSA) is 136 Å². The van der Waals surface area contributed by atoms with Gasteiger partial charge in [0.15, 0.2) is 0 Å². The zero-order chi connectivity index (χ0) is 12.8. The van der Waals surface area contributed by atoms with E-state index in [1.165, 1.54) is 12.5 Å². The number of hydrogen-bond donors (Lipinski definition) is 3. The van der Waals surface area contributed by atoms with E-state index in [1.54, 1.807) is 0 Å². The molecule has 2 amide bonds. The lowest BCUT2D eigenvalue weighted by atomic mass is 10.2. The van der Waals surface area contributed by atoms with Gasteiger partial charge in [-0.3, -0.25) is 9.59 Å². The number of hydrogen-bond acceptors (Lipinski definition) is 5. The molecule has 0 aliphatic rings. The van der Waals surface area contributed by atoms with Gasteiger partial charge in [-0.05, 0) is 0 Å². The highest BCUT2D eigenvalue weighted by Crippen LogP contribution is 1.97. The molecule has 92 valence electrons. The van der Waals surface area contributed by atoms with Crippen LogP contribution in [0.5, 0.6) is 0 Å². The number of nitrogens with one attached hydrogen (secondary N) is 1. The Morgan fingerprint density at radius 2 is 2.24 bits per heavy atom. The Kier molecular flexibility index (Phi) is 4.21. The molecule has 0 bridgehead atoms. The molecule has 0 spiro atoms. The average Bonchev–Trinajstić information content (AvgIpc) is 2.68. The second-order valence-electron chi connectivity index (χ2n) is 3.23. The molecule has 0 saturated carbocycles. The Morgan fingerprint density at radius 1 is 1.53 bits per heavy atom. The summed E-state index contributed by atoms with van der Waals surface area (Å²) in [6.45, 7) is 0. The first kappa shape index (κ1) is 12.7. The molecule has 0 aromatic carbocycles. The highest BCUT2D eigenvalue weighted by atomic mass is 16.4. The summed E-state index contributed by atoms with van der Waals surface area (Å²) in [4.78, 5) is 36.4. The molecule has 1 aromatic rings. The predicted octanol–water partition coefficient (Wildman–Crippen LogP) is -1.34. The van der Waals surface area contributed by atoms with Gasteiger partial charge in [0, 0.05) is 0 Å². The van der Waals surface area contributed by atoms with Crippen LogP contribution in [0.2, 0.25) is 0 Å². The van der Waals surface area contributed by atoms with Gasteiger partial charge >= 0.3 is 5.97 Å². The summed E-state index contributed by atoms with van der Waals surface area (Å²) in [5.74, 6) is -2.59. The molecular formula is C9H11N3O5. The number of oxazole rings is 1. The zero-order valence-electron chi connectivity index (χ0n) is 8.75. The van der Waals surface area contributed by atoms with E-state index in [2.05, 4.69) is 10.3 Å². The van der Waals surface area contributed by atoms with Crippen LogP contribution in [0.25, 0.3) is 0 Å². The third kappa shape index (κ3) is 4.33. The summed E-state index contributed by atoms with van der Waals surface area (Å²) in [5.41, 5.74) is 4.86. The molecule has 1 atom stereocenters. The van der Waals surface area contributed by atoms with E-state index in [0.717, 1.165) is 0 Å². The molecule has 1 rings (SSSR count). The van der Waals surface area contributed by atoms with Crippen molar-refractivity contribution in [2.45, 2.75) is 18.9 Å². The smallest absolute Gasteiger partial charge is 0.326 e. The standard InChI is InChI=1S/C9H11N3O5/c10-6(13)3-5(9(15)16)12-7(14)4-8-11-1-2-17-8/h1-2,5H,3-4H2,(H2,10,13)(H,12,14)(H,15,16)/t5-/m0/s1. The van der Waals surface area contributed by atoms with Crippen LogP contribution >= 0.6 is 0 Å². The first-order chi connectivity index (χ1) is 7.99. The number of carboxylic acid groups (broad SMARTS) is 1. The molecule has 0 saturated heterocycles. The van der Waals surface area contributed by atoms with E-state index in [4.69, 9.17) is 15.3 Å². The Hall–Kier alpha value is -2.38. The number of nitrogens with two attached hydrogens (primary N) is 1. The van der Waals surface area contributed by atoms with Crippen molar-refractivity contribution < 1.29 is 23.9 Å². The van der Waals surface area contributed by atoms with Crippen LogP contribution in [-0.4, -0.2) is 33.9 Å². The van der Waals surface area contributed by atoms with Crippen LogP contribution in [0.3, 0.4) is 0 Å². The first-order valence-corrected chi connectivity index (χ1v) is 4.68. The van der Waals surface area contributed by atoms with Gasteiger partial charge in [-0.15, -0.1) is 0 Å². The fourth-order valence-corrected chi connectivity index (χ4v) is 1.12. The van der Waals surface area contributed by atoms with Crippen molar-refractivity contribution in [1.82, 2.24) is 10.3 Å². The van der Waals surface area contributed by atoms with Gasteiger partial charge in [0.25, 0.3) is 0 Å². The van der Waals surface area contributed by atoms with Gasteiger partial charge in [0.1, 0.15) is 18.7 Å². The van der Waals surface area contributed by atoms with Crippen molar-refractivity contribution in [2.75, 3.05) is 0 Å². The maximum atomic E-state index is 11.4. The maximum Gasteiger partial charge on any atom is 0.326 e. The Bertz CT molecular complexity index is 414. The minimum atomic E-state index is -1.34. The molecule has 1 heterocycles. The van der Waals surface area contributed by atoms with Crippen LogP contribution in [0.15, 0.2) is 16.9 Å². The second kappa shape index (κ2) is 5.64. The van der Waals surface area contributed by atoms with Gasteiger partial charge in [-0.2, -0.15) is 0 Å². The minimum Gasteiger partial charge on any atom is -0.480 e. The Balaban J connectivity index is 2.52. The van der Waals surface area contributed by atoms with Crippen molar-refractivity contribution in [3.8, 4) is 0 Å². The fourth-order valence-electron chi connectivity index (χ4n) is 1.12. The van der Waals surface area contributed by atoms with Crippen molar-refractivity contribution in [2.24, 2.45) is 5.73 Å². The molecule has 0 aliphatic heterocycles. The van der Waals surface area contributed by atoms with Crippen molar-refractivity contribution in [1.29, 1.82) is 0 Å². The highest BCUT2D eigenvalue weighted by Gasteiger charge is 2.22. The molecule has 0 aliphatic carbocycles.